The normalized spacial score (nSPS) is 16.1. The lowest BCUT2D eigenvalue weighted by Crippen LogP contribution is -2.39. The summed E-state index contributed by atoms with van der Waals surface area (Å²) in [5.41, 5.74) is 3.12. The topological polar surface area (TPSA) is 71.0 Å². The smallest absolute Gasteiger partial charge is 0.263 e. The van der Waals surface area contributed by atoms with E-state index in [1.165, 1.54) is 28.6 Å². The second-order valence-corrected chi connectivity index (χ2v) is 10.4. The van der Waals surface area contributed by atoms with Crippen molar-refractivity contribution < 1.29 is 17.2 Å². The molecule has 9 heteroatoms. The predicted molar refractivity (Wildman–Crippen MR) is 122 cm³/mol. The molecule has 0 unspecified atom stereocenters. The molecule has 0 amide bonds. The van der Waals surface area contributed by atoms with Crippen LogP contribution in [0.1, 0.15) is 24.8 Å². The molecule has 1 fully saturated rings. The number of H-pyrrole nitrogens is 1. The molecule has 1 saturated heterocycles. The van der Waals surface area contributed by atoms with Gasteiger partial charge in [0.25, 0.3) is 6.43 Å². The van der Waals surface area contributed by atoms with Crippen molar-refractivity contribution in [1.29, 1.82) is 0 Å². The van der Waals surface area contributed by atoms with E-state index in [0.717, 1.165) is 41.4 Å². The van der Waals surface area contributed by atoms with Crippen LogP contribution in [0.4, 0.5) is 8.78 Å². The monoisotopic (exact) mass is 470 g/mol. The van der Waals surface area contributed by atoms with Crippen LogP contribution < -0.4 is 0 Å². The number of piperidine rings is 1. The number of alkyl halides is 2. The van der Waals surface area contributed by atoms with Gasteiger partial charge < -0.3 is 4.57 Å². The fourth-order valence-electron chi connectivity index (χ4n) is 4.49. The van der Waals surface area contributed by atoms with Crippen molar-refractivity contribution in [3.8, 4) is 11.1 Å². The van der Waals surface area contributed by atoms with E-state index in [0.29, 0.717) is 19.0 Å². The summed E-state index contributed by atoms with van der Waals surface area (Å²) in [6, 6.07) is 13.3. The predicted octanol–water partition coefficient (Wildman–Crippen LogP) is 5.07. The van der Waals surface area contributed by atoms with Crippen molar-refractivity contribution in [2.75, 3.05) is 13.1 Å². The summed E-state index contributed by atoms with van der Waals surface area (Å²) >= 11 is 0. The Morgan fingerprint density at radius 2 is 1.79 bits per heavy atom. The number of halogens is 2. The minimum absolute atomic E-state index is 0.0650. The number of hydrogen-bond donors (Lipinski definition) is 1. The van der Waals surface area contributed by atoms with E-state index in [9.17, 15) is 17.2 Å². The Kier molecular flexibility index (Phi) is 5.76. The molecule has 6 nitrogen and oxygen atoms in total. The second kappa shape index (κ2) is 8.72. The fourth-order valence-corrected chi connectivity index (χ4v) is 5.96. The zero-order chi connectivity index (χ0) is 23.0. The summed E-state index contributed by atoms with van der Waals surface area (Å²) in [5.74, 6) is 0.363. The van der Waals surface area contributed by atoms with Gasteiger partial charge in [-0.3, -0.25) is 5.10 Å². The highest BCUT2D eigenvalue weighted by Crippen LogP contribution is 2.29. The summed E-state index contributed by atoms with van der Waals surface area (Å²) in [6.45, 7) is 1.67. The van der Waals surface area contributed by atoms with Crippen molar-refractivity contribution in [3.63, 3.8) is 0 Å². The van der Waals surface area contributed by atoms with Crippen LogP contribution in [0.15, 0.2) is 72.0 Å². The lowest BCUT2D eigenvalue weighted by molar-refractivity contribution is 0.151. The Morgan fingerprint density at radius 1 is 1.03 bits per heavy atom. The van der Waals surface area contributed by atoms with Gasteiger partial charge in [-0.2, -0.15) is 9.40 Å². The van der Waals surface area contributed by atoms with Crippen molar-refractivity contribution in [2.45, 2.75) is 30.7 Å². The molecule has 0 bridgehead atoms. The Morgan fingerprint density at radius 3 is 2.45 bits per heavy atom. The lowest BCUT2D eigenvalue weighted by atomic mass is 9.98. The maximum Gasteiger partial charge on any atom is 0.263 e. The van der Waals surface area contributed by atoms with Crippen LogP contribution in [0.5, 0.6) is 0 Å². The molecule has 1 aliphatic heterocycles. The molecule has 0 spiro atoms. The van der Waals surface area contributed by atoms with Gasteiger partial charge in [0.05, 0.1) is 11.1 Å². The van der Waals surface area contributed by atoms with Gasteiger partial charge in [0, 0.05) is 54.1 Å². The summed E-state index contributed by atoms with van der Waals surface area (Å²) < 4.78 is 55.1. The van der Waals surface area contributed by atoms with Crippen LogP contribution >= 0.6 is 0 Å². The average molecular weight is 471 g/mol. The molecule has 0 saturated carbocycles. The first kappa shape index (κ1) is 21.8. The zero-order valence-electron chi connectivity index (χ0n) is 17.9. The molecule has 33 heavy (non-hydrogen) atoms. The third-order valence-electron chi connectivity index (χ3n) is 6.40. The molecule has 172 valence electrons. The van der Waals surface area contributed by atoms with Gasteiger partial charge in [0.1, 0.15) is 0 Å². The Bertz CT molecular complexity index is 1340. The number of sulfonamides is 1. The van der Waals surface area contributed by atoms with Crippen LogP contribution in [0.3, 0.4) is 0 Å². The Hall–Kier alpha value is -3.04. The van der Waals surface area contributed by atoms with Gasteiger partial charge in [0.2, 0.25) is 10.0 Å². The van der Waals surface area contributed by atoms with E-state index in [1.807, 2.05) is 6.20 Å². The van der Waals surface area contributed by atoms with E-state index < -0.39 is 16.4 Å². The quantitative estimate of drug-likeness (QED) is 0.428. The minimum atomic E-state index is -3.68. The average Bonchev–Trinajstić information content (AvgIpc) is 3.50. The minimum Gasteiger partial charge on any atom is -0.347 e. The van der Waals surface area contributed by atoms with Gasteiger partial charge in [-0.25, -0.2) is 17.2 Å². The molecule has 1 N–H and O–H groups in total. The van der Waals surface area contributed by atoms with Crippen LogP contribution in [0.25, 0.3) is 22.0 Å². The van der Waals surface area contributed by atoms with Crippen LogP contribution in [0, 0.1) is 5.92 Å². The Labute approximate surface area is 190 Å². The molecule has 1 aliphatic rings. The van der Waals surface area contributed by atoms with E-state index >= 15 is 0 Å². The summed E-state index contributed by atoms with van der Waals surface area (Å²) in [4.78, 5) is 0.0650. The number of aromatic amines is 1. The van der Waals surface area contributed by atoms with Crippen molar-refractivity contribution in [2.24, 2.45) is 5.92 Å². The number of aromatic nitrogens is 3. The molecule has 2 aromatic carbocycles. The van der Waals surface area contributed by atoms with Gasteiger partial charge >= 0.3 is 0 Å². The molecular formula is C24H24F2N4O2S. The standard InChI is InChI=1S/C24H24F2N4O2S/c25-24(26)18-1-4-22(5-2-18)33(31,32)30-11-7-17(8-12-30)16-29-10-9-20-13-19(3-6-23(20)29)21-14-27-28-15-21/h1-6,9-10,13-15,17,24H,7-8,11-12,16H2,(H,27,28). The molecular weight excluding hydrogens is 446 g/mol. The molecule has 5 rings (SSSR count). The molecule has 0 atom stereocenters. The summed E-state index contributed by atoms with van der Waals surface area (Å²) in [5, 5.41) is 8.00. The number of nitrogens with one attached hydrogen (secondary N) is 1. The largest absolute Gasteiger partial charge is 0.347 e. The maximum atomic E-state index is 12.9. The number of hydrogen-bond acceptors (Lipinski definition) is 3. The third-order valence-corrected chi connectivity index (χ3v) is 8.31. The molecule has 0 radical (unpaired) electrons. The molecule has 4 aromatic rings. The van der Waals surface area contributed by atoms with Gasteiger partial charge in [0.15, 0.2) is 0 Å². The van der Waals surface area contributed by atoms with E-state index in [-0.39, 0.29) is 10.5 Å². The molecule has 3 heterocycles. The number of nitrogens with zero attached hydrogens (tertiary/aromatic N) is 3. The first-order valence-electron chi connectivity index (χ1n) is 10.9. The third kappa shape index (κ3) is 4.30. The highest BCUT2D eigenvalue weighted by Gasteiger charge is 2.29. The van der Waals surface area contributed by atoms with Crippen molar-refractivity contribution >= 4 is 20.9 Å². The van der Waals surface area contributed by atoms with E-state index in [2.05, 4.69) is 45.2 Å². The van der Waals surface area contributed by atoms with Crippen molar-refractivity contribution in [3.05, 3.63) is 72.7 Å². The zero-order valence-corrected chi connectivity index (χ0v) is 18.7. The molecule has 0 aliphatic carbocycles. The fraction of sp³-hybridized carbons (Fsp3) is 0.292. The molecule has 2 aromatic heterocycles. The lowest BCUT2D eigenvalue weighted by Gasteiger charge is -2.31. The first-order chi connectivity index (χ1) is 15.9. The van der Waals surface area contributed by atoms with Crippen LogP contribution in [0.2, 0.25) is 0 Å². The number of benzene rings is 2. The summed E-state index contributed by atoms with van der Waals surface area (Å²) in [6.07, 6.45) is 4.64. The van der Waals surface area contributed by atoms with Gasteiger partial charge in [-0.1, -0.05) is 18.2 Å². The van der Waals surface area contributed by atoms with Crippen LogP contribution in [-0.2, 0) is 16.6 Å². The summed E-state index contributed by atoms with van der Waals surface area (Å²) in [7, 11) is -3.68. The number of fused-ring (bicyclic) bond motifs is 1. The van der Waals surface area contributed by atoms with Gasteiger partial charge in [-0.15, -0.1) is 0 Å². The van der Waals surface area contributed by atoms with E-state index in [4.69, 9.17) is 0 Å². The number of rotatable bonds is 6. The van der Waals surface area contributed by atoms with E-state index in [1.54, 1.807) is 6.20 Å². The SMILES string of the molecule is O=S(=O)(c1ccc(C(F)F)cc1)N1CCC(Cn2ccc3cc(-c4cn[nH]c4)ccc32)CC1. The van der Waals surface area contributed by atoms with Crippen molar-refractivity contribution in [1.82, 2.24) is 19.1 Å². The highest BCUT2D eigenvalue weighted by molar-refractivity contribution is 7.89. The first-order valence-corrected chi connectivity index (χ1v) is 12.3. The maximum absolute atomic E-state index is 12.9. The highest BCUT2D eigenvalue weighted by atomic mass is 32.2. The van der Waals surface area contributed by atoms with Crippen LogP contribution in [-0.4, -0.2) is 40.6 Å². The van der Waals surface area contributed by atoms with Gasteiger partial charge in [-0.05, 0) is 54.7 Å². The Balaban J connectivity index is 1.24. The second-order valence-electron chi connectivity index (χ2n) is 8.45.